The second-order valence-corrected chi connectivity index (χ2v) is 6.19. The van der Waals surface area contributed by atoms with Crippen molar-refractivity contribution in [2.45, 2.75) is 12.0 Å². The zero-order chi connectivity index (χ0) is 9.50. The molecular formula is C2H6O7P2Sr. The minimum Gasteiger partial charge on any atom is -0.776 e. The van der Waals surface area contributed by atoms with E-state index in [1.54, 1.807) is 0 Å². The summed E-state index contributed by atoms with van der Waals surface area (Å²) in [6, 6.07) is 0. The number of hydrogen-bond acceptors (Lipinski definition) is 5. The monoisotopic (exact) mass is 292 g/mol. The zero-order valence-electron chi connectivity index (χ0n) is 6.08. The molecule has 0 saturated heterocycles. The van der Waals surface area contributed by atoms with Gasteiger partial charge in [-0.1, -0.05) is 0 Å². The van der Waals surface area contributed by atoms with Crippen molar-refractivity contribution in [3.8, 4) is 0 Å². The van der Waals surface area contributed by atoms with E-state index in [1.807, 2.05) is 0 Å². The molecule has 0 fully saturated rings. The van der Waals surface area contributed by atoms with E-state index in [0.29, 0.717) is 0 Å². The third kappa shape index (κ3) is 3.48. The van der Waals surface area contributed by atoms with Crippen molar-refractivity contribution in [1.29, 1.82) is 0 Å². The fourth-order valence-electron chi connectivity index (χ4n) is 0.160. The van der Waals surface area contributed by atoms with Crippen molar-refractivity contribution in [2.75, 3.05) is 0 Å². The van der Waals surface area contributed by atoms with Crippen LogP contribution in [-0.4, -0.2) is 65.5 Å². The molecule has 0 aliphatic heterocycles. The molecule has 0 spiro atoms. The maximum absolute atomic E-state index is 10.1. The number of hydrogen-bond donors (Lipinski definition) is 3. The minimum absolute atomic E-state index is 0. The summed E-state index contributed by atoms with van der Waals surface area (Å²) >= 11 is 0. The van der Waals surface area contributed by atoms with E-state index < -0.39 is 20.3 Å². The topological polar surface area (TPSA) is 141 Å². The van der Waals surface area contributed by atoms with Crippen LogP contribution >= 0.6 is 15.2 Å². The molecule has 0 aromatic carbocycles. The van der Waals surface area contributed by atoms with Crippen LogP contribution in [0.3, 0.4) is 0 Å². The van der Waals surface area contributed by atoms with E-state index in [2.05, 4.69) is 0 Å². The maximum Gasteiger partial charge on any atom is 2.00 e. The summed E-state index contributed by atoms with van der Waals surface area (Å²) < 4.78 is 20.2. The van der Waals surface area contributed by atoms with Gasteiger partial charge in [0.1, 0.15) is 0 Å². The van der Waals surface area contributed by atoms with Crippen molar-refractivity contribution in [3.05, 3.63) is 0 Å². The van der Waals surface area contributed by atoms with Gasteiger partial charge in [-0.2, -0.15) is 0 Å². The van der Waals surface area contributed by atoms with E-state index in [1.165, 1.54) is 0 Å². The molecule has 2 atom stereocenters. The van der Waals surface area contributed by atoms with E-state index in [-0.39, 0.29) is 52.4 Å². The first-order valence-corrected chi connectivity index (χ1v) is 5.46. The minimum atomic E-state index is -5.51. The molecule has 0 amide bonds. The summed E-state index contributed by atoms with van der Waals surface area (Å²) in [7, 11) is -11.0. The summed E-state index contributed by atoms with van der Waals surface area (Å²) in [6.45, 7) is 0.258. The molecule has 0 bridgehead atoms. The Hall–Kier alpha value is 1.74. The smallest absolute Gasteiger partial charge is 0.776 e. The van der Waals surface area contributed by atoms with E-state index in [4.69, 9.17) is 14.9 Å². The van der Waals surface area contributed by atoms with Gasteiger partial charge in [-0.25, -0.2) is 0 Å². The van der Waals surface area contributed by atoms with Crippen LogP contribution in [0, 0.1) is 0 Å². The van der Waals surface area contributed by atoms with Gasteiger partial charge in [-0.3, -0.25) is 0 Å². The standard InChI is InChI=1S/C2H8O7P2.Sr/c1-2(3,10(4,5)6)11(7,8)9;/h3H,1H3,(H2,4,5,6)(H2,7,8,9);/q;+2/p-2. The van der Waals surface area contributed by atoms with Crippen LogP contribution in [0.15, 0.2) is 0 Å². The fourth-order valence-corrected chi connectivity index (χ4v) is 1.44. The van der Waals surface area contributed by atoms with Crippen LogP contribution in [0.1, 0.15) is 6.92 Å². The van der Waals surface area contributed by atoms with E-state index in [9.17, 15) is 18.9 Å². The third-order valence-electron chi connectivity index (χ3n) is 1.07. The molecule has 0 aliphatic rings. The summed E-state index contributed by atoms with van der Waals surface area (Å²) in [5, 5.41) is 5.02. The molecule has 12 heavy (non-hydrogen) atoms. The van der Waals surface area contributed by atoms with Gasteiger partial charge < -0.3 is 33.8 Å². The van der Waals surface area contributed by atoms with Crippen molar-refractivity contribution in [3.63, 3.8) is 0 Å². The first-order valence-electron chi connectivity index (χ1n) is 2.30. The Morgan fingerprint density at radius 3 is 1.33 bits per heavy atom. The third-order valence-corrected chi connectivity index (χ3v) is 4.73. The number of aliphatic hydroxyl groups is 1. The van der Waals surface area contributed by atoms with Crippen molar-refractivity contribution in [1.82, 2.24) is 0 Å². The summed E-state index contributed by atoms with van der Waals surface area (Å²) in [5.74, 6) is 0. The van der Waals surface area contributed by atoms with Gasteiger partial charge in [-0.05, 0) is 6.92 Å². The first-order chi connectivity index (χ1) is 4.50. The van der Waals surface area contributed by atoms with Gasteiger partial charge in [0.2, 0.25) is 0 Å². The molecule has 7 nitrogen and oxygen atoms in total. The first kappa shape index (κ1) is 16.2. The van der Waals surface area contributed by atoms with Crippen LogP contribution in [0.5, 0.6) is 0 Å². The van der Waals surface area contributed by atoms with Crippen LogP contribution in [0.4, 0.5) is 0 Å². The molecule has 3 N–H and O–H groups in total. The summed E-state index contributed by atoms with van der Waals surface area (Å²) in [4.78, 5) is 36.4. The molecule has 0 aromatic rings. The van der Waals surface area contributed by atoms with E-state index in [0.717, 1.165) is 0 Å². The Balaban J connectivity index is 0. The Bertz CT molecular complexity index is 212. The second kappa shape index (κ2) is 4.51. The summed E-state index contributed by atoms with van der Waals surface area (Å²) in [6.07, 6.45) is 0. The molecule has 10 heteroatoms. The Morgan fingerprint density at radius 2 is 1.33 bits per heavy atom. The molecule has 2 unspecified atom stereocenters. The predicted octanol–water partition coefficient (Wildman–Crippen LogP) is -2.64. The molecule has 0 aliphatic carbocycles. The molecule has 0 saturated carbocycles. The quantitative estimate of drug-likeness (QED) is 0.373. The summed E-state index contributed by atoms with van der Waals surface area (Å²) in [5.41, 5.74) is 0. The van der Waals surface area contributed by atoms with Gasteiger partial charge in [0, 0.05) is 0 Å². The SMILES string of the molecule is CC(O)(P(=O)([O-])O)P(=O)([O-])O.[Sr+2]. The molecule has 0 heterocycles. The molecular weight excluding hydrogens is 286 g/mol. The number of rotatable bonds is 2. The Morgan fingerprint density at radius 1 is 1.17 bits per heavy atom. The van der Waals surface area contributed by atoms with Crippen LogP contribution in [0.25, 0.3) is 0 Å². The molecule has 0 aromatic heterocycles. The predicted molar refractivity (Wildman–Crippen MR) is 36.0 cm³/mol. The van der Waals surface area contributed by atoms with Crippen LogP contribution in [-0.2, 0) is 9.13 Å². The Labute approximate surface area is 105 Å². The van der Waals surface area contributed by atoms with Gasteiger partial charge >= 0.3 is 45.5 Å². The zero-order valence-corrected chi connectivity index (χ0v) is 11.3. The Kier molecular flexibility index (Phi) is 6.08. The average molecular weight is 292 g/mol. The largest absolute Gasteiger partial charge is 2.00 e. The van der Waals surface area contributed by atoms with Gasteiger partial charge in [-0.15, -0.1) is 0 Å². The van der Waals surface area contributed by atoms with Gasteiger partial charge in [0.05, 0.1) is 0 Å². The van der Waals surface area contributed by atoms with Crippen molar-refractivity contribution < 1.29 is 33.8 Å². The van der Waals surface area contributed by atoms with Gasteiger partial charge in [0.15, 0.2) is 20.3 Å². The average Bonchev–Trinajstić information content (AvgIpc) is 1.58. The fraction of sp³-hybridized carbons (Fsp3) is 1.00. The maximum atomic E-state index is 10.1. The van der Waals surface area contributed by atoms with Crippen LogP contribution in [0.2, 0.25) is 0 Å². The van der Waals surface area contributed by atoms with Crippen molar-refractivity contribution >= 4 is 60.7 Å². The molecule has 0 rings (SSSR count). The normalized spacial score (nSPS) is 25.8. The van der Waals surface area contributed by atoms with E-state index >= 15 is 0 Å². The second-order valence-electron chi connectivity index (χ2n) is 2.01. The molecule has 0 radical (unpaired) electrons. The molecule has 68 valence electrons. The van der Waals surface area contributed by atoms with Gasteiger partial charge in [0.25, 0.3) is 0 Å². The van der Waals surface area contributed by atoms with Crippen LogP contribution < -0.4 is 9.79 Å². The van der Waals surface area contributed by atoms with Crippen molar-refractivity contribution in [2.24, 2.45) is 0 Å².